The first kappa shape index (κ1) is 17.5. The topological polar surface area (TPSA) is 62.3 Å². The smallest absolute Gasteiger partial charge is 0.263 e. The SMILES string of the molecule is O=S(=O)(Nc1ccc(N2CCc3ccccc3C2)cn1)c1ccc(F)cc1. The molecule has 0 radical (unpaired) electrons. The standard InChI is InChI=1S/C20H18FN3O2S/c21-17-5-8-19(9-6-17)27(25,26)23-20-10-7-18(13-22-20)24-12-11-15-3-1-2-4-16(15)14-24/h1-10,13H,11-12,14H2,(H,22,23). The average Bonchev–Trinajstić information content (AvgIpc) is 2.68. The van der Waals surface area contributed by atoms with E-state index in [0.717, 1.165) is 37.3 Å². The number of anilines is 2. The quantitative estimate of drug-likeness (QED) is 0.748. The zero-order valence-corrected chi connectivity index (χ0v) is 15.3. The van der Waals surface area contributed by atoms with Crippen molar-refractivity contribution in [3.8, 4) is 0 Å². The summed E-state index contributed by atoms with van der Waals surface area (Å²) in [5.74, 6) is -0.264. The predicted octanol–water partition coefficient (Wildman–Crippen LogP) is 3.58. The van der Waals surface area contributed by atoms with Gasteiger partial charge in [0.15, 0.2) is 0 Å². The molecule has 2 heterocycles. The molecule has 0 spiro atoms. The number of nitrogens with one attached hydrogen (secondary N) is 1. The summed E-state index contributed by atoms with van der Waals surface area (Å²) >= 11 is 0. The second kappa shape index (κ2) is 7.00. The van der Waals surface area contributed by atoms with Crippen LogP contribution < -0.4 is 9.62 Å². The lowest BCUT2D eigenvalue weighted by Gasteiger charge is -2.30. The Morgan fingerprint density at radius 3 is 2.41 bits per heavy atom. The molecule has 4 rings (SSSR count). The van der Waals surface area contributed by atoms with Gasteiger partial charge >= 0.3 is 0 Å². The van der Waals surface area contributed by atoms with Gasteiger partial charge in [0.1, 0.15) is 11.6 Å². The highest BCUT2D eigenvalue weighted by atomic mass is 32.2. The van der Waals surface area contributed by atoms with Gasteiger partial charge in [0.25, 0.3) is 10.0 Å². The monoisotopic (exact) mass is 383 g/mol. The first-order valence-corrected chi connectivity index (χ1v) is 10.1. The number of hydrogen-bond acceptors (Lipinski definition) is 4. The molecule has 27 heavy (non-hydrogen) atoms. The summed E-state index contributed by atoms with van der Waals surface area (Å²) in [5.41, 5.74) is 3.60. The van der Waals surface area contributed by atoms with Crippen molar-refractivity contribution in [3.63, 3.8) is 0 Å². The Bertz CT molecular complexity index is 1050. The van der Waals surface area contributed by atoms with Crippen molar-refractivity contribution in [2.75, 3.05) is 16.2 Å². The summed E-state index contributed by atoms with van der Waals surface area (Å²) in [6, 6.07) is 16.5. The van der Waals surface area contributed by atoms with E-state index in [1.54, 1.807) is 12.3 Å². The van der Waals surface area contributed by atoms with E-state index in [4.69, 9.17) is 0 Å². The maximum atomic E-state index is 13.0. The molecule has 1 aliphatic heterocycles. The van der Waals surface area contributed by atoms with E-state index in [0.29, 0.717) is 0 Å². The number of sulfonamides is 1. The lowest BCUT2D eigenvalue weighted by atomic mass is 10.00. The Labute approximate surface area is 157 Å². The molecular weight excluding hydrogens is 365 g/mol. The number of nitrogens with zero attached hydrogens (tertiary/aromatic N) is 2. The lowest BCUT2D eigenvalue weighted by molar-refractivity contribution is 0.599. The lowest BCUT2D eigenvalue weighted by Crippen LogP contribution is -2.30. The van der Waals surface area contributed by atoms with E-state index in [1.807, 2.05) is 12.1 Å². The fourth-order valence-electron chi connectivity index (χ4n) is 3.16. The Morgan fingerprint density at radius 1 is 0.963 bits per heavy atom. The van der Waals surface area contributed by atoms with E-state index in [-0.39, 0.29) is 10.7 Å². The second-order valence-corrected chi connectivity index (χ2v) is 8.08. The van der Waals surface area contributed by atoms with Crippen LogP contribution in [0.1, 0.15) is 11.1 Å². The van der Waals surface area contributed by atoms with E-state index >= 15 is 0 Å². The zero-order valence-electron chi connectivity index (χ0n) is 14.5. The van der Waals surface area contributed by atoms with Gasteiger partial charge in [-0.2, -0.15) is 0 Å². The minimum Gasteiger partial charge on any atom is -0.366 e. The molecule has 5 nitrogen and oxygen atoms in total. The van der Waals surface area contributed by atoms with Crippen LogP contribution in [0.25, 0.3) is 0 Å². The van der Waals surface area contributed by atoms with Gasteiger partial charge in [-0.25, -0.2) is 17.8 Å². The van der Waals surface area contributed by atoms with Crippen molar-refractivity contribution >= 4 is 21.5 Å². The maximum absolute atomic E-state index is 13.0. The third-order valence-electron chi connectivity index (χ3n) is 4.61. The van der Waals surface area contributed by atoms with Crippen LogP contribution >= 0.6 is 0 Å². The van der Waals surface area contributed by atoms with Gasteiger partial charge in [0.2, 0.25) is 0 Å². The molecule has 2 aromatic carbocycles. The molecule has 0 bridgehead atoms. The molecule has 1 aliphatic rings. The highest BCUT2D eigenvalue weighted by Gasteiger charge is 2.18. The van der Waals surface area contributed by atoms with Gasteiger partial charge < -0.3 is 4.90 Å². The number of hydrogen-bond donors (Lipinski definition) is 1. The van der Waals surface area contributed by atoms with Gasteiger partial charge in [0, 0.05) is 13.1 Å². The van der Waals surface area contributed by atoms with E-state index in [1.165, 1.54) is 23.3 Å². The maximum Gasteiger partial charge on any atom is 0.263 e. The van der Waals surface area contributed by atoms with Gasteiger partial charge in [-0.15, -0.1) is 0 Å². The van der Waals surface area contributed by atoms with Crippen molar-refractivity contribution in [2.45, 2.75) is 17.9 Å². The van der Waals surface area contributed by atoms with Crippen LogP contribution in [0.3, 0.4) is 0 Å². The predicted molar refractivity (Wildman–Crippen MR) is 103 cm³/mol. The normalized spacial score (nSPS) is 13.9. The number of aromatic nitrogens is 1. The molecule has 1 N–H and O–H groups in total. The molecule has 0 saturated heterocycles. The third kappa shape index (κ3) is 3.78. The molecule has 0 atom stereocenters. The Morgan fingerprint density at radius 2 is 1.70 bits per heavy atom. The fourth-order valence-corrected chi connectivity index (χ4v) is 4.17. The first-order chi connectivity index (χ1) is 13.0. The van der Waals surface area contributed by atoms with Crippen LogP contribution in [0.5, 0.6) is 0 Å². The van der Waals surface area contributed by atoms with Gasteiger partial charge in [-0.1, -0.05) is 24.3 Å². The van der Waals surface area contributed by atoms with Crippen LogP contribution in [0, 0.1) is 5.82 Å². The van der Waals surface area contributed by atoms with Crippen LogP contribution in [-0.4, -0.2) is 19.9 Å². The summed E-state index contributed by atoms with van der Waals surface area (Å²) in [5, 5.41) is 0. The zero-order chi connectivity index (χ0) is 18.9. The number of fused-ring (bicyclic) bond motifs is 1. The molecule has 0 aliphatic carbocycles. The average molecular weight is 383 g/mol. The highest BCUT2D eigenvalue weighted by Crippen LogP contribution is 2.25. The minimum absolute atomic E-state index is 0.0117. The van der Waals surface area contributed by atoms with Gasteiger partial charge in [-0.05, 0) is 53.9 Å². The fraction of sp³-hybridized carbons (Fsp3) is 0.150. The second-order valence-electron chi connectivity index (χ2n) is 6.40. The van der Waals surface area contributed by atoms with Crippen LogP contribution in [-0.2, 0) is 23.0 Å². The molecule has 0 unspecified atom stereocenters. The Kier molecular flexibility index (Phi) is 4.53. The summed E-state index contributed by atoms with van der Waals surface area (Å²) in [6.45, 7) is 1.69. The van der Waals surface area contributed by atoms with E-state index < -0.39 is 15.8 Å². The summed E-state index contributed by atoms with van der Waals surface area (Å²) in [6.07, 6.45) is 2.63. The molecule has 0 amide bonds. The van der Waals surface area contributed by atoms with Crippen molar-refractivity contribution in [1.82, 2.24) is 4.98 Å². The number of pyridine rings is 1. The minimum atomic E-state index is -3.80. The van der Waals surface area contributed by atoms with Crippen LogP contribution in [0.15, 0.2) is 71.8 Å². The summed E-state index contributed by atoms with van der Waals surface area (Å²) < 4.78 is 40.1. The highest BCUT2D eigenvalue weighted by molar-refractivity contribution is 7.92. The van der Waals surface area contributed by atoms with Crippen LogP contribution in [0.2, 0.25) is 0 Å². The van der Waals surface area contributed by atoms with Crippen molar-refractivity contribution in [1.29, 1.82) is 0 Å². The number of halogens is 1. The van der Waals surface area contributed by atoms with Crippen molar-refractivity contribution in [2.24, 2.45) is 0 Å². The van der Waals surface area contributed by atoms with Gasteiger partial charge in [0.05, 0.1) is 16.8 Å². The molecule has 7 heteroatoms. The largest absolute Gasteiger partial charge is 0.366 e. The Hall–Kier alpha value is -2.93. The van der Waals surface area contributed by atoms with Crippen molar-refractivity contribution in [3.05, 3.63) is 83.8 Å². The number of benzene rings is 2. The van der Waals surface area contributed by atoms with E-state index in [2.05, 4.69) is 32.8 Å². The van der Waals surface area contributed by atoms with Gasteiger partial charge in [-0.3, -0.25) is 4.72 Å². The number of rotatable bonds is 4. The van der Waals surface area contributed by atoms with E-state index in [9.17, 15) is 12.8 Å². The first-order valence-electron chi connectivity index (χ1n) is 8.57. The third-order valence-corrected chi connectivity index (χ3v) is 5.98. The molecular formula is C20H18FN3O2S. The molecule has 1 aromatic heterocycles. The summed E-state index contributed by atoms with van der Waals surface area (Å²) in [7, 11) is -3.80. The summed E-state index contributed by atoms with van der Waals surface area (Å²) in [4.78, 5) is 6.44. The molecule has 138 valence electrons. The van der Waals surface area contributed by atoms with Crippen LogP contribution in [0.4, 0.5) is 15.9 Å². The molecule has 3 aromatic rings. The Balaban J connectivity index is 1.49. The van der Waals surface area contributed by atoms with Crippen molar-refractivity contribution < 1.29 is 12.8 Å². The molecule has 0 fully saturated rings. The molecule has 0 saturated carbocycles.